The second kappa shape index (κ2) is 7.88. The van der Waals surface area contributed by atoms with Gasteiger partial charge >= 0.3 is 5.97 Å². The van der Waals surface area contributed by atoms with Crippen LogP contribution >= 0.6 is 0 Å². The van der Waals surface area contributed by atoms with E-state index in [2.05, 4.69) is 6.92 Å². The van der Waals surface area contributed by atoms with Crippen LogP contribution in [0.3, 0.4) is 0 Å². The molecule has 18 heavy (non-hydrogen) atoms. The molecule has 0 saturated heterocycles. The first-order valence-corrected chi connectivity index (χ1v) is 6.50. The van der Waals surface area contributed by atoms with E-state index in [4.69, 9.17) is 9.47 Å². The van der Waals surface area contributed by atoms with Crippen molar-refractivity contribution < 1.29 is 14.3 Å². The van der Waals surface area contributed by atoms with E-state index in [1.54, 1.807) is 7.11 Å². The van der Waals surface area contributed by atoms with Crippen LogP contribution < -0.4 is 0 Å². The van der Waals surface area contributed by atoms with Gasteiger partial charge in [-0.25, -0.2) is 4.79 Å². The maximum atomic E-state index is 11.9. The van der Waals surface area contributed by atoms with Gasteiger partial charge in [0.1, 0.15) is 6.10 Å². The van der Waals surface area contributed by atoms with Crippen LogP contribution in [0.2, 0.25) is 0 Å². The van der Waals surface area contributed by atoms with E-state index in [9.17, 15) is 4.79 Å². The molecular weight excluding hydrogens is 228 g/mol. The quantitative estimate of drug-likeness (QED) is 0.697. The maximum Gasteiger partial charge on any atom is 0.338 e. The predicted molar refractivity (Wildman–Crippen MR) is 71.8 cm³/mol. The molecule has 0 amide bonds. The number of ether oxygens (including phenoxy) is 2. The minimum atomic E-state index is -0.276. The number of benzene rings is 1. The van der Waals surface area contributed by atoms with Crippen LogP contribution in [-0.2, 0) is 15.9 Å². The highest BCUT2D eigenvalue weighted by atomic mass is 16.6. The highest BCUT2D eigenvalue weighted by molar-refractivity contribution is 5.89. The van der Waals surface area contributed by atoms with Gasteiger partial charge in [-0.3, -0.25) is 0 Å². The van der Waals surface area contributed by atoms with Crippen molar-refractivity contribution in [3.05, 3.63) is 35.4 Å². The smallest absolute Gasteiger partial charge is 0.338 e. The zero-order valence-electron chi connectivity index (χ0n) is 11.4. The fraction of sp³-hybridized carbons (Fsp3) is 0.533. The van der Waals surface area contributed by atoms with Gasteiger partial charge in [-0.1, -0.05) is 32.4 Å². The van der Waals surface area contributed by atoms with Gasteiger partial charge in [0.2, 0.25) is 0 Å². The van der Waals surface area contributed by atoms with Crippen LogP contribution in [-0.4, -0.2) is 25.8 Å². The molecule has 1 unspecified atom stereocenters. The molecule has 0 bridgehead atoms. The molecule has 1 aromatic carbocycles. The Bertz CT molecular complexity index is 357. The molecule has 100 valence electrons. The highest BCUT2D eigenvalue weighted by Gasteiger charge is 2.13. The average Bonchev–Trinajstić information content (AvgIpc) is 2.39. The molecule has 0 aliphatic rings. The van der Waals surface area contributed by atoms with Crippen molar-refractivity contribution in [1.82, 2.24) is 0 Å². The van der Waals surface area contributed by atoms with Gasteiger partial charge in [0.15, 0.2) is 0 Å². The summed E-state index contributed by atoms with van der Waals surface area (Å²) < 4.78 is 10.4. The molecule has 0 spiro atoms. The zero-order chi connectivity index (χ0) is 13.4. The predicted octanol–water partition coefficient (Wildman–Crippen LogP) is 3.22. The number of rotatable bonds is 7. The van der Waals surface area contributed by atoms with Crippen LogP contribution in [0, 0.1) is 0 Å². The molecule has 1 aromatic rings. The monoisotopic (exact) mass is 250 g/mol. The van der Waals surface area contributed by atoms with E-state index >= 15 is 0 Å². The van der Waals surface area contributed by atoms with Gasteiger partial charge in [0.25, 0.3) is 0 Å². The summed E-state index contributed by atoms with van der Waals surface area (Å²) in [4.78, 5) is 11.9. The van der Waals surface area contributed by atoms with E-state index in [1.165, 1.54) is 5.56 Å². The Kier molecular flexibility index (Phi) is 6.44. The van der Waals surface area contributed by atoms with Crippen molar-refractivity contribution in [2.75, 3.05) is 13.7 Å². The molecule has 0 heterocycles. The number of hydrogen-bond acceptors (Lipinski definition) is 3. The molecule has 0 aromatic heterocycles. The highest BCUT2D eigenvalue weighted by Crippen LogP contribution is 2.10. The van der Waals surface area contributed by atoms with Crippen molar-refractivity contribution >= 4 is 5.97 Å². The summed E-state index contributed by atoms with van der Waals surface area (Å²) in [6.07, 6.45) is 2.73. The van der Waals surface area contributed by atoms with Crippen LogP contribution in [0.25, 0.3) is 0 Å². The maximum absolute atomic E-state index is 11.9. The normalized spacial score (nSPS) is 12.2. The minimum Gasteiger partial charge on any atom is -0.456 e. The summed E-state index contributed by atoms with van der Waals surface area (Å²) in [5, 5.41) is 0. The van der Waals surface area contributed by atoms with E-state index < -0.39 is 0 Å². The fourth-order valence-corrected chi connectivity index (χ4v) is 1.74. The van der Waals surface area contributed by atoms with Gasteiger partial charge in [0, 0.05) is 7.11 Å². The SMILES string of the molecule is CCCc1ccc(C(=O)OC(CC)COC)cc1. The second-order valence-corrected chi connectivity index (χ2v) is 4.34. The largest absolute Gasteiger partial charge is 0.456 e. The second-order valence-electron chi connectivity index (χ2n) is 4.34. The first-order chi connectivity index (χ1) is 8.71. The number of methoxy groups -OCH3 is 1. The molecule has 0 aliphatic carbocycles. The van der Waals surface area contributed by atoms with Crippen LogP contribution in [0.15, 0.2) is 24.3 Å². The third kappa shape index (κ3) is 4.49. The molecule has 0 N–H and O–H groups in total. The Balaban J connectivity index is 2.60. The Hall–Kier alpha value is -1.35. The standard InChI is InChI=1S/C15H22O3/c1-4-6-12-7-9-13(10-8-12)15(16)18-14(5-2)11-17-3/h7-10,14H,4-6,11H2,1-3H3. The molecule has 0 saturated carbocycles. The molecule has 0 fully saturated rings. The average molecular weight is 250 g/mol. The number of carbonyl (C=O) groups is 1. The molecule has 0 aliphatic heterocycles. The molecular formula is C15H22O3. The van der Waals surface area contributed by atoms with Crippen LogP contribution in [0.1, 0.15) is 42.6 Å². The Labute approximate surface area is 109 Å². The number of carbonyl (C=O) groups excluding carboxylic acids is 1. The molecule has 3 heteroatoms. The number of aryl methyl sites for hydroxylation is 1. The lowest BCUT2D eigenvalue weighted by Crippen LogP contribution is -2.22. The molecule has 3 nitrogen and oxygen atoms in total. The number of esters is 1. The van der Waals surface area contributed by atoms with Crippen LogP contribution in [0.4, 0.5) is 0 Å². The third-order valence-electron chi connectivity index (χ3n) is 2.81. The summed E-state index contributed by atoms with van der Waals surface area (Å²) in [5.74, 6) is -0.276. The van der Waals surface area contributed by atoms with Gasteiger partial charge in [-0.05, 0) is 30.5 Å². The summed E-state index contributed by atoms with van der Waals surface area (Å²) in [7, 11) is 1.61. The van der Waals surface area contributed by atoms with E-state index in [-0.39, 0.29) is 12.1 Å². The van der Waals surface area contributed by atoms with Crippen LogP contribution in [0.5, 0.6) is 0 Å². The molecule has 1 rings (SSSR count). The zero-order valence-corrected chi connectivity index (χ0v) is 11.4. The van der Waals surface area contributed by atoms with E-state index in [0.29, 0.717) is 12.2 Å². The molecule has 0 radical (unpaired) electrons. The van der Waals surface area contributed by atoms with Gasteiger partial charge in [-0.15, -0.1) is 0 Å². The van der Waals surface area contributed by atoms with Gasteiger partial charge in [-0.2, -0.15) is 0 Å². The van der Waals surface area contributed by atoms with Crippen molar-refractivity contribution in [2.45, 2.75) is 39.2 Å². The first kappa shape index (κ1) is 14.7. The summed E-state index contributed by atoms with van der Waals surface area (Å²) in [5.41, 5.74) is 1.85. The van der Waals surface area contributed by atoms with Crippen molar-refractivity contribution in [1.29, 1.82) is 0 Å². The van der Waals surface area contributed by atoms with E-state index in [1.807, 2.05) is 31.2 Å². The lowest BCUT2D eigenvalue weighted by atomic mass is 10.1. The molecule has 1 atom stereocenters. The van der Waals surface area contributed by atoms with Crippen molar-refractivity contribution in [2.24, 2.45) is 0 Å². The Morgan fingerprint density at radius 2 is 1.89 bits per heavy atom. The van der Waals surface area contributed by atoms with Gasteiger partial charge in [0.05, 0.1) is 12.2 Å². The van der Waals surface area contributed by atoms with Crippen molar-refractivity contribution in [3.8, 4) is 0 Å². The fourth-order valence-electron chi connectivity index (χ4n) is 1.74. The third-order valence-corrected chi connectivity index (χ3v) is 2.81. The Morgan fingerprint density at radius 3 is 2.39 bits per heavy atom. The topological polar surface area (TPSA) is 35.5 Å². The van der Waals surface area contributed by atoms with Crippen molar-refractivity contribution in [3.63, 3.8) is 0 Å². The van der Waals surface area contributed by atoms with Gasteiger partial charge < -0.3 is 9.47 Å². The van der Waals surface area contributed by atoms with E-state index in [0.717, 1.165) is 19.3 Å². The minimum absolute atomic E-state index is 0.169. The summed E-state index contributed by atoms with van der Waals surface area (Å²) >= 11 is 0. The Morgan fingerprint density at radius 1 is 1.22 bits per heavy atom. The summed E-state index contributed by atoms with van der Waals surface area (Å²) in [6, 6.07) is 7.62. The lowest BCUT2D eigenvalue weighted by Gasteiger charge is -2.15. The number of hydrogen-bond donors (Lipinski definition) is 0. The lowest BCUT2D eigenvalue weighted by molar-refractivity contribution is 0.00475. The first-order valence-electron chi connectivity index (χ1n) is 6.50. The summed E-state index contributed by atoms with van der Waals surface area (Å²) in [6.45, 7) is 4.55.